The van der Waals surface area contributed by atoms with Crippen molar-refractivity contribution in [2.24, 2.45) is 11.3 Å². The lowest BCUT2D eigenvalue weighted by Gasteiger charge is -2.22. The van der Waals surface area contributed by atoms with E-state index in [1.165, 1.54) is 0 Å². The van der Waals surface area contributed by atoms with Crippen LogP contribution in [-0.4, -0.2) is 24.9 Å². The molecule has 0 aromatic carbocycles. The lowest BCUT2D eigenvalue weighted by Crippen LogP contribution is -2.41. The second-order valence-corrected chi connectivity index (χ2v) is 5.10. The molecule has 19 heavy (non-hydrogen) atoms. The quantitative estimate of drug-likeness (QED) is 0.700. The molecule has 0 bridgehead atoms. The number of nitrogens with one attached hydrogen (secondary N) is 2. The van der Waals surface area contributed by atoms with Gasteiger partial charge in [-0.05, 0) is 18.8 Å². The van der Waals surface area contributed by atoms with E-state index < -0.39 is 5.41 Å². The molecule has 0 atom stereocenters. The van der Waals surface area contributed by atoms with Crippen molar-refractivity contribution < 1.29 is 9.59 Å². The van der Waals surface area contributed by atoms with Gasteiger partial charge < -0.3 is 10.6 Å². The molecule has 0 unspecified atom stereocenters. The zero-order valence-corrected chi connectivity index (χ0v) is 12.4. The molecule has 0 heterocycles. The Morgan fingerprint density at radius 2 is 1.79 bits per heavy atom. The summed E-state index contributed by atoms with van der Waals surface area (Å²) in [5.74, 6) is 0.0474. The molecule has 0 aromatic rings. The van der Waals surface area contributed by atoms with Crippen LogP contribution in [0.25, 0.3) is 0 Å². The first kappa shape index (κ1) is 17.4. The maximum absolute atomic E-state index is 11.9. The third-order valence-corrected chi connectivity index (χ3v) is 3.20. The zero-order valence-electron chi connectivity index (χ0n) is 12.4. The van der Waals surface area contributed by atoms with Crippen molar-refractivity contribution in [3.05, 3.63) is 0 Å². The van der Waals surface area contributed by atoms with E-state index in [4.69, 9.17) is 5.26 Å². The highest BCUT2D eigenvalue weighted by Gasteiger charge is 2.34. The smallest absolute Gasteiger partial charge is 0.240 e. The molecule has 0 rings (SSSR count). The summed E-state index contributed by atoms with van der Waals surface area (Å²) in [6.07, 6.45) is 1.20. The highest BCUT2D eigenvalue weighted by Crippen LogP contribution is 2.25. The molecule has 5 heteroatoms. The van der Waals surface area contributed by atoms with Gasteiger partial charge in [0, 0.05) is 19.5 Å². The minimum Gasteiger partial charge on any atom is -0.356 e. The minimum absolute atomic E-state index is 0.0791. The standard InChI is InChI=1S/C14H25N3O2/c1-5-14(6-2,10-15)13(19)16-8-7-12(18)17-9-11(3)4/h11H,5-9H2,1-4H3,(H,16,19)(H,17,18). The van der Waals surface area contributed by atoms with Crippen molar-refractivity contribution in [1.82, 2.24) is 10.6 Å². The summed E-state index contributed by atoms with van der Waals surface area (Å²) in [4.78, 5) is 23.4. The Kier molecular flexibility index (Phi) is 7.81. The lowest BCUT2D eigenvalue weighted by atomic mass is 9.83. The molecular weight excluding hydrogens is 242 g/mol. The van der Waals surface area contributed by atoms with E-state index in [2.05, 4.69) is 16.7 Å². The van der Waals surface area contributed by atoms with Crippen molar-refractivity contribution in [3.8, 4) is 6.07 Å². The monoisotopic (exact) mass is 267 g/mol. The van der Waals surface area contributed by atoms with Crippen molar-refractivity contribution in [2.45, 2.75) is 47.0 Å². The van der Waals surface area contributed by atoms with Crippen LogP contribution in [0.3, 0.4) is 0 Å². The third kappa shape index (κ3) is 5.73. The summed E-state index contributed by atoms with van der Waals surface area (Å²) in [6, 6.07) is 2.08. The predicted molar refractivity (Wildman–Crippen MR) is 74.1 cm³/mol. The molecule has 0 saturated carbocycles. The minimum atomic E-state index is -0.964. The van der Waals surface area contributed by atoms with Crippen LogP contribution in [-0.2, 0) is 9.59 Å². The van der Waals surface area contributed by atoms with Crippen LogP contribution in [0.15, 0.2) is 0 Å². The Morgan fingerprint density at radius 1 is 1.21 bits per heavy atom. The van der Waals surface area contributed by atoms with Crippen LogP contribution in [0, 0.1) is 22.7 Å². The molecule has 0 spiro atoms. The molecule has 0 aliphatic carbocycles. The first-order valence-corrected chi connectivity index (χ1v) is 6.88. The van der Waals surface area contributed by atoms with Gasteiger partial charge in [0.25, 0.3) is 0 Å². The number of carbonyl (C=O) groups excluding carboxylic acids is 2. The summed E-state index contributed by atoms with van der Waals surface area (Å²) in [5.41, 5.74) is -0.964. The van der Waals surface area contributed by atoms with E-state index in [1.807, 2.05) is 27.7 Å². The Balaban J connectivity index is 4.11. The molecule has 108 valence electrons. The van der Waals surface area contributed by atoms with Crippen LogP contribution in [0.4, 0.5) is 0 Å². The summed E-state index contributed by atoms with van der Waals surface area (Å²) in [6.45, 7) is 8.59. The van der Waals surface area contributed by atoms with Gasteiger partial charge in [-0.1, -0.05) is 27.7 Å². The average Bonchev–Trinajstić information content (AvgIpc) is 2.39. The van der Waals surface area contributed by atoms with Gasteiger partial charge in [-0.2, -0.15) is 5.26 Å². The van der Waals surface area contributed by atoms with E-state index in [-0.39, 0.29) is 24.8 Å². The first-order chi connectivity index (χ1) is 8.91. The summed E-state index contributed by atoms with van der Waals surface area (Å²) in [7, 11) is 0. The second-order valence-electron chi connectivity index (χ2n) is 5.10. The van der Waals surface area contributed by atoms with Crippen molar-refractivity contribution in [2.75, 3.05) is 13.1 Å². The fraction of sp³-hybridized carbons (Fsp3) is 0.786. The third-order valence-electron chi connectivity index (χ3n) is 3.20. The molecule has 0 radical (unpaired) electrons. The molecule has 0 fully saturated rings. The number of rotatable bonds is 8. The van der Waals surface area contributed by atoms with E-state index in [0.717, 1.165) is 0 Å². The molecule has 2 N–H and O–H groups in total. The van der Waals surface area contributed by atoms with Gasteiger partial charge in [0.05, 0.1) is 6.07 Å². The van der Waals surface area contributed by atoms with Crippen molar-refractivity contribution in [3.63, 3.8) is 0 Å². The normalized spacial score (nSPS) is 10.9. The highest BCUT2D eigenvalue weighted by atomic mass is 16.2. The fourth-order valence-electron chi connectivity index (χ4n) is 1.65. The molecule has 0 aromatic heterocycles. The van der Waals surface area contributed by atoms with Gasteiger partial charge in [0.2, 0.25) is 11.8 Å². The number of hydrogen-bond donors (Lipinski definition) is 2. The van der Waals surface area contributed by atoms with Gasteiger partial charge >= 0.3 is 0 Å². The maximum Gasteiger partial charge on any atom is 0.240 e. The van der Waals surface area contributed by atoms with E-state index in [1.54, 1.807) is 0 Å². The molecule has 0 saturated heterocycles. The highest BCUT2D eigenvalue weighted by molar-refractivity contribution is 5.85. The first-order valence-electron chi connectivity index (χ1n) is 6.88. The largest absolute Gasteiger partial charge is 0.356 e. The van der Waals surface area contributed by atoms with Crippen LogP contribution in [0.5, 0.6) is 0 Å². The van der Waals surface area contributed by atoms with E-state index in [9.17, 15) is 9.59 Å². The number of nitrogens with zero attached hydrogens (tertiary/aromatic N) is 1. The van der Waals surface area contributed by atoms with E-state index in [0.29, 0.717) is 25.3 Å². The van der Waals surface area contributed by atoms with Gasteiger partial charge in [0.15, 0.2) is 0 Å². The Morgan fingerprint density at radius 3 is 2.21 bits per heavy atom. The van der Waals surface area contributed by atoms with E-state index >= 15 is 0 Å². The van der Waals surface area contributed by atoms with Crippen LogP contribution in [0.1, 0.15) is 47.0 Å². The van der Waals surface area contributed by atoms with Gasteiger partial charge in [-0.15, -0.1) is 0 Å². The number of nitriles is 1. The second kappa shape index (κ2) is 8.52. The molecular formula is C14H25N3O2. The Bertz CT molecular complexity index is 341. The molecule has 5 nitrogen and oxygen atoms in total. The Hall–Kier alpha value is -1.57. The lowest BCUT2D eigenvalue weighted by molar-refractivity contribution is -0.128. The SMILES string of the molecule is CCC(C#N)(CC)C(=O)NCCC(=O)NCC(C)C. The topological polar surface area (TPSA) is 82.0 Å². The van der Waals surface area contributed by atoms with Gasteiger partial charge in [0.1, 0.15) is 5.41 Å². The molecule has 2 amide bonds. The average molecular weight is 267 g/mol. The maximum atomic E-state index is 11.9. The number of amides is 2. The predicted octanol–water partition coefficient (Wildman–Crippen LogP) is 1.59. The fourth-order valence-corrected chi connectivity index (χ4v) is 1.65. The van der Waals surface area contributed by atoms with Gasteiger partial charge in [-0.25, -0.2) is 0 Å². The van der Waals surface area contributed by atoms with Crippen molar-refractivity contribution >= 4 is 11.8 Å². The van der Waals surface area contributed by atoms with Crippen LogP contribution < -0.4 is 10.6 Å². The summed E-state index contributed by atoms with van der Waals surface area (Å²) < 4.78 is 0. The molecule has 0 aliphatic rings. The van der Waals surface area contributed by atoms with Gasteiger partial charge in [-0.3, -0.25) is 9.59 Å². The van der Waals surface area contributed by atoms with Crippen LogP contribution >= 0.6 is 0 Å². The zero-order chi connectivity index (χ0) is 14.9. The number of hydrogen-bond acceptors (Lipinski definition) is 3. The number of carbonyl (C=O) groups is 2. The summed E-state index contributed by atoms with van der Waals surface area (Å²) >= 11 is 0. The Labute approximate surface area is 115 Å². The molecule has 0 aliphatic heterocycles. The van der Waals surface area contributed by atoms with Crippen LogP contribution in [0.2, 0.25) is 0 Å². The summed E-state index contributed by atoms with van der Waals surface area (Å²) in [5, 5.41) is 14.6. The van der Waals surface area contributed by atoms with Crippen molar-refractivity contribution in [1.29, 1.82) is 5.26 Å².